The molecule has 0 heterocycles. The summed E-state index contributed by atoms with van der Waals surface area (Å²) in [5.74, 6) is -1.07. The van der Waals surface area contributed by atoms with Crippen LogP contribution in [-0.2, 0) is 0 Å². The van der Waals surface area contributed by atoms with E-state index in [-0.39, 0.29) is 0 Å². The maximum atomic E-state index is 12.8. The van der Waals surface area contributed by atoms with Crippen LogP contribution in [0.15, 0.2) is 12.1 Å². The van der Waals surface area contributed by atoms with E-state index in [0.29, 0.717) is 6.07 Å². The summed E-state index contributed by atoms with van der Waals surface area (Å²) in [6, 6.07) is 1.27. The van der Waals surface area contributed by atoms with Gasteiger partial charge in [-0.05, 0) is 12.1 Å². The summed E-state index contributed by atoms with van der Waals surface area (Å²) in [7, 11) is 0. The number of aliphatic hydroxyl groups is 1. The zero-order valence-electron chi connectivity index (χ0n) is 6.95. The van der Waals surface area contributed by atoms with Crippen molar-refractivity contribution in [2.45, 2.75) is 12.3 Å². The normalized spacial score (nSPS) is 14.1. The highest BCUT2D eigenvalue weighted by Crippen LogP contribution is 2.37. The molecular weight excluding hydrogens is 259 g/mol. The van der Waals surface area contributed by atoms with Crippen molar-refractivity contribution in [1.82, 2.24) is 0 Å². The molecule has 0 aliphatic rings. The first kappa shape index (κ1) is 12.5. The fourth-order valence-corrected chi connectivity index (χ4v) is 1.41. The Labute approximate surface area is 92.2 Å². The van der Waals surface area contributed by atoms with Crippen LogP contribution < -0.4 is 0 Å². The lowest BCUT2D eigenvalue weighted by molar-refractivity contribution is -0.206. The quantitative estimate of drug-likeness (QED) is 0.604. The number of halogens is 6. The molecule has 0 aliphatic heterocycles. The maximum absolute atomic E-state index is 12.8. The van der Waals surface area contributed by atoms with Gasteiger partial charge in [-0.1, -0.05) is 23.2 Å². The minimum Gasteiger partial charge on any atom is -0.379 e. The summed E-state index contributed by atoms with van der Waals surface area (Å²) >= 11 is 10.7. The first-order chi connectivity index (χ1) is 6.73. The SMILES string of the molecule is O[C@H](c1cc(F)c(Cl)cc1Cl)C(F)(F)F. The largest absolute Gasteiger partial charge is 0.418 e. The molecule has 0 saturated heterocycles. The molecule has 0 aliphatic carbocycles. The lowest BCUT2D eigenvalue weighted by atomic mass is 10.1. The van der Waals surface area contributed by atoms with Crippen LogP contribution in [-0.4, -0.2) is 11.3 Å². The van der Waals surface area contributed by atoms with E-state index >= 15 is 0 Å². The molecule has 1 N–H and O–H groups in total. The van der Waals surface area contributed by atoms with Crippen molar-refractivity contribution in [3.63, 3.8) is 0 Å². The molecule has 0 unspecified atom stereocenters. The van der Waals surface area contributed by atoms with Crippen LogP contribution in [0.5, 0.6) is 0 Å². The third kappa shape index (κ3) is 2.74. The van der Waals surface area contributed by atoms with Crippen LogP contribution >= 0.6 is 23.2 Å². The maximum Gasteiger partial charge on any atom is 0.418 e. The molecular formula is C8H4Cl2F4O. The van der Waals surface area contributed by atoms with E-state index in [1.807, 2.05) is 0 Å². The van der Waals surface area contributed by atoms with E-state index in [2.05, 4.69) is 0 Å². The number of alkyl halides is 3. The van der Waals surface area contributed by atoms with Crippen molar-refractivity contribution in [2.24, 2.45) is 0 Å². The summed E-state index contributed by atoms with van der Waals surface area (Å²) in [5, 5.41) is 7.99. The number of hydrogen-bond donors (Lipinski definition) is 1. The Hall–Kier alpha value is -0.520. The molecule has 84 valence electrons. The number of aliphatic hydroxyl groups excluding tert-OH is 1. The fourth-order valence-electron chi connectivity index (χ4n) is 0.924. The Morgan fingerprint density at radius 1 is 1.13 bits per heavy atom. The zero-order valence-corrected chi connectivity index (χ0v) is 8.46. The first-order valence-corrected chi connectivity index (χ1v) is 4.38. The molecule has 0 aromatic heterocycles. The average Bonchev–Trinajstić information content (AvgIpc) is 2.08. The Morgan fingerprint density at radius 2 is 1.67 bits per heavy atom. The van der Waals surface area contributed by atoms with E-state index in [4.69, 9.17) is 28.3 Å². The van der Waals surface area contributed by atoms with Crippen LogP contribution in [0, 0.1) is 5.82 Å². The lowest BCUT2D eigenvalue weighted by Crippen LogP contribution is -2.20. The zero-order chi connectivity index (χ0) is 11.8. The van der Waals surface area contributed by atoms with Gasteiger partial charge < -0.3 is 5.11 Å². The first-order valence-electron chi connectivity index (χ1n) is 3.62. The third-order valence-electron chi connectivity index (χ3n) is 1.64. The second-order valence-corrected chi connectivity index (χ2v) is 3.55. The predicted molar refractivity (Wildman–Crippen MR) is 47.4 cm³/mol. The van der Waals surface area contributed by atoms with E-state index in [1.165, 1.54) is 0 Å². The molecule has 0 spiro atoms. The van der Waals surface area contributed by atoms with Gasteiger partial charge in [0.2, 0.25) is 0 Å². The smallest absolute Gasteiger partial charge is 0.379 e. The van der Waals surface area contributed by atoms with E-state index in [9.17, 15) is 17.6 Å². The van der Waals surface area contributed by atoms with E-state index in [0.717, 1.165) is 6.07 Å². The van der Waals surface area contributed by atoms with Crippen LogP contribution in [0.2, 0.25) is 10.0 Å². The molecule has 0 amide bonds. The van der Waals surface area contributed by atoms with Gasteiger partial charge in [-0.25, -0.2) is 4.39 Å². The molecule has 1 aromatic rings. The van der Waals surface area contributed by atoms with Crippen molar-refractivity contribution >= 4 is 23.2 Å². The Bertz CT molecular complexity index is 378. The number of benzene rings is 1. The van der Waals surface area contributed by atoms with E-state index in [1.54, 1.807) is 0 Å². The molecule has 1 aromatic carbocycles. The van der Waals surface area contributed by atoms with Crippen LogP contribution in [0.25, 0.3) is 0 Å². The van der Waals surface area contributed by atoms with Crippen molar-refractivity contribution in [3.8, 4) is 0 Å². The van der Waals surface area contributed by atoms with Crippen LogP contribution in [0.1, 0.15) is 11.7 Å². The lowest BCUT2D eigenvalue weighted by Gasteiger charge is -2.16. The van der Waals surface area contributed by atoms with Gasteiger partial charge in [0.05, 0.1) is 5.02 Å². The molecule has 1 atom stereocenters. The van der Waals surface area contributed by atoms with Gasteiger partial charge >= 0.3 is 6.18 Å². The average molecular weight is 263 g/mol. The summed E-state index contributed by atoms with van der Waals surface area (Å²) in [5.41, 5.74) is -0.758. The van der Waals surface area contributed by atoms with Gasteiger partial charge in [-0.3, -0.25) is 0 Å². The Kier molecular flexibility index (Phi) is 3.48. The molecule has 15 heavy (non-hydrogen) atoms. The fraction of sp³-hybridized carbons (Fsp3) is 0.250. The van der Waals surface area contributed by atoms with Crippen molar-refractivity contribution in [3.05, 3.63) is 33.6 Å². The summed E-state index contributed by atoms with van der Waals surface area (Å²) < 4.78 is 49.1. The van der Waals surface area contributed by atoms with Gasteiger partial charge in [0.15, 0.2) is 6.10 Å². The standard InChI is InChI=1S/C8H4Cl2F4O/c9-4-2-5(10)6(11)1-3(4)7(15)8(12,13)14/h1-2,7,15H/t7-/m1/s1. The van der Waals surface area contributed by atoms with Gasteiger partial charge in [-0.15, -0.1) is 0 Å². The van der Waals surface area contributed by atoms with E-state index < -0.39 is 33.7 Å². The van der Waals surface area contributed by atoms with Crippen molar-refractivity contribution in [1.29, 1.82) is 0 Å². The van der Waals surface area contributed by atoms with Crippen LogP contribution in [0.4, 0.5) is 17.6 Å². The highest BCUT2D eigenvalue weighted by atomic mass is 35.5. The molecule has 0 saturated carbocycles. The van der Waals surface area contributed by atoms with Crippen molar-refractivity contribution < 1.29 is 22.7 Å². The molecule has 0 radical (unpaired) electrons. The van der Waals surface area contributed by atoms with Gasteiger partial charge in [0.1, 0.15) is 5.82 Å². The molecule has 1 nitrogen and oxygen atoms in total. The predicted octanol–water partition coefficient (Wildman–Crippen LogP) is 3.73. The molecule has 0 fully saturated rings. The van der Waals surface area contributed by atoms with Gasteiger partial charge in [0, 0.05) is 10.6 Å². The monoisotopic (exact) mass is 262 g/mol. The second-order valence-electron chi connectivity index (χ2n) is 2.73. The van der Waals surface area contributed by atoms with Crippen molar-refractivity contribution in [2.75, 3.05) is 0 Å². The minimum absolute atomic E-state index is 0.405. The van der Waals surface area contributed by atoms with Gasteiger partial charge in [-0.2, -0.15) is 13.2 Å². The highest BCUT2D eigenvalue weighted by Gasteiger charge is 2.40. The third-order valence-corrected chi connectivity index (χ3v) is 2.26. The minimum atomic E-state index is -4.90. The topological polar surface area (TPSA) is 20.2 Å². The summed E-state index contributed by atoms with van der Waals surface area (Å²) in [4.78, 5) is 0. The molecule has 1 rings (SSSR count). The molecule has 7 heteroatoms. The number of hydrogen-bond acceptors (Lipinski definition) is 1. The Balaban J connectivity index is 3.21. The van der Waals surface area contributed by atoms with Crippen LogP contribution in [0.3, 0.4) is 0 Å². The highest BCUT2D eigenvalue weighted by molar-refractivity contribution is 6.35. The van der Waals surface area contributed by atoms with Gasteiger partial charge in [0.25, 0.3) is 0 Å². The second kappa shape index (κ2) is 4.15. The summed E-state index contributed by atoms with van der Waals surface area (Å²) in [6.45, 7) is 0. The summed E-state index contributed by atoms with van der Waals surface area (Å²) in [6.07, 6.45) is -7.72. The number of rotatable bonds is 1. The Morgan fingerprint density at radius 3 is 2.13 bits per heavy atom. The molecule has 0 bridgehead atoms.